The Morgan fingerprint density at radius 2 is 2.00 bits per heavy atom. The molecule has 0 fully saturated rings. The molecule has 0 amide bonds. The Bertz CT molecular complexity index is 539. The van der Waals surface area contributed by atoms with Crippen LogP contribution < -0.4 is 0 Å². The van der Waals surface area contributed by atoms with Crippen LogP contribution in [0.3, 0.4) is 0 Å². The van der Waals surface area contributed by atoms with Gasteiger partial charge in [-0.25, -0.2) is 4.39 Å². The van der Waals surface area contributed by atoms with Crippen molar-refractivity contribution in [1.82, 2.24) is 15.1 Å². The normalized spacial score (nSPS) is 11.2. The van der Waals surface area contributed by atoms with Crippen molar-refractivity contribution in [1.29, 1.82) is 0 Å². The van der Waals surface area contributed by atoms with Gasteiger partial charge in [-0.05, 0) is 37.2 Å². The van der Waals surface area contributed by atoms with Crippen LogP contribution in [0.4, 0.5) is 4.39 Å². The van der Waals surface area contributed by atoms with E-state index in [4.69, 9.17) is 0 Å². The molecule has 0 aliphatic heterocycles. The Hall–Kier alpha value is -1.72. The van der Waals surface area contributed by atoms with Gasteiger partial charge in [0.1, 0.15) is 5.82 Å². The predicted molar refractivity (Wildman–Crippen MR) is 81.3 cm³/mol. The first-order chi connectivity index (χ1) is 10.2. The minimum Gasteiger partial charge on any atom is -0.395 e. The van der Waals surface area contributed by atoms with Crippen molar-refractivity contribution in [3.8, 4) is 11.3 Å². The molecule has 2 N–H and O–H groups in total. The van der Waals surface area contributed by atoms with E-state index in [1.165, 1.54) is 12.1 Å². The number of halogens is 1. The molecule has 4 nitrogen and oxygen atoms in total. The fourth-order valence-corrected chi connectivity index (χ4v) is 2.33. The third-order valence-corrected chi connectivity index (χ3v) is 3.49. The highest BCUT2D eigenvalue weighted by atomic mass is 19.1. The van der Waals surface area contributed by atoms with E-state index in [0.717, 1.165) is 42.8 Å². The molecule has 1 aromatic carbocycles. The number of aromatic nitrogens is 2. The molecular formula is C16H22FN3O. The van der Waals surface area contributed by atoms with Gasteiger partial charge in [0.05, 0.1) is 18.5 Å². The lowest BCUT2D eigenvalue weighted by atomic mass is 10.1. The molecule has 1 heterocycles. The second-order valence-corrected chi connectivity index (χ2v) is 5.13. The van der Waals surface area contributed by atoms with Crippen molar-refractivity contribution < 1.29 is 9.50 Å². The molecule has 0 atom stereocenters. The van der Waals surface area contributed by atoms with Gasteiger partial charge in [0, 0.05) is 24.2 Å². The van der Waals surface area contributed by atoms with Gasteiger partial charge in [0.2, 0.25) is 0 Å². The van der Waals surface area contributed by atoms with Gasteiger partial charge in [-0.1, -0.05) is 13.3 Å². The van der Waals surface area contributed by atoms with E-state index in [9.17, 15) is 9.50 Å². The Balaban J connectivity index is 2.13. The summed E-state index contributed by atoms with van der Waals surface area (Å²) in [5.41, 5.74) is 2.89. The highest BCUT2D eigenvalue weighted by Gasteiger charge is 2.12. The molecular weight excluding hydrogens is 269 g/mol. The van der Waals surface area contributed by atoms with Crippen LogP contribution >= 0.6 is 0 Å². The van der Waals surface area contributed by atoms with E-state index in [2.05, 4.69) is 22.0 Å². The highest BCUT2D eigenvalue weighted by molar-refractivity contribution is 5.62. The number of unbranched alkanes of at least 4 members (excludes halogenated alkanes) is 1. The number of hydrogen-bond acceptors (Lipinski definition) is 3. The summed E-state index contributed by atoms with van der Waals surface area (Å²) in [5.74, 6) is -0.246. The zero-order chi connectivity index (χ0) is 15.1. The van der Waals surface area contributed by atoms with Crippen LogP contribution in [0, 0.1) is 5.82 Å². The minimum absolute atomic E-state index is 0.146. The van der Waals surface area contributed by atoms with Crippen molar-refractivity contribution in [3.05, 3.63) is 41.8 Å². The second-order valence-electron chi connectivity index (χ2n) is 5.13. The molecule has 0 saturated heterocycles. The molecule has 0 saturated carbocycles. The first-order valence-electron chi connectivity index (χ1n) is 7.36. The molecule has 0 bridgehead atoms. The van der Waals surface area contributed by atoms with Gasteiger partial charge in [0.25, 0.3) is 0 Å². The van der Waals surface area contributed by atoms with E-state index in [1.807, 2.05) is 0 Å². The minimum atomic E-state index is -0.246. The van der Waals surface area contributed by atoms with Crippen molar-refractivity contribution in [2.24, 2.45) is 0 Å². The topological polar surface area (TPSA) is 52.1 Å². The Morgan fingerprint density at radius 1 is 1.24 bits per heavy atom. The van der Waals surface area contributed by atoms with Gasteiger partial charge in [-0.15, -0.1) is 0 Å². The van der Waals surface area contributed by atoms with E-state index in [-0.39, 0.29) is 12.4 Å². The largest absolute Gasteiger partial charge is 0.395 e. The van der Waals surface area contributed by atoms with Crippen molar-refractivity contribution in [3.63, 3.8) is 0 Å². The van der Waals surface area contributed by atoms with Crippen LogP contribution in [0.1, 0.15) is 25.3 Å². The summed E-state index contributed by atoms with van der Waals surface area (Å²) in [7, 11) is 0. The summed E-state index contributed by atoms with van der Waals surface area (Å²) < 4.78 is 13.0. The van der Waals surface area contributed by atoms with Gasteiger partial charge >= 0.3 is 0 Å². The maximum Gasteiger partial charge on any atom is 0.123 e. The summed E-state index contributed by atoms with van der Waals surface area (Å²) in [5, 5.41) is 16.3. The number of aliphatic hydroxyl groups is 1. The molecule has 2 aromatic rings. The molecule has 0 unspecified atom stereocenters. The fourth-order valence-electron chi connectivity index (χ4n) is 2.33. The summed E-state index contributed by atoms with van der Waals surface area (Å²) in [4.78, 5) is 2.21. The number of nitrogens with zero attached hydrogens (tertiary/aromatic N) is 2. The van der Waals surface area contributed by atoms with Crippen LogP contribution in [-0.2, 0) is 6.54 Å². The standard InChI is InChI=1S/C16H22FN3O/c1-2-3-8-20(9-10-21)12-14-11-18-19-16(14)13-4-6-15(17)7-5-13/h4-7,11,21H,2-3,8-10,12H2,1H3,(H,18,19). The van der Waals surface area contributed by atoms with Gasteiger partial charge < -0.3 is 5.11 Å². The SMILES string of the molecule is CCCCN(CCO)Cc1cn[nH]c1-c1ccc(F)cc1. The van der Waals surface area contributed by atoms with Gasteiger partial charge in [0.15, 0.2) is 0 Å². The number of hydrogen-bond donors (Lipinski definition) is 2. The van der Waals surface area contributed by atoms with Crippen LogP contribution in [-0.4, -0.2) is 39.9 Å². The third-order valence-electron chi connectivity index (χ3n) is 3.49. The molecule has 21 heavy (non-hydrogen) atoms. The fraction of sp³-hybridized carbons (Fsp3) is 0.438. The molecule has 0 aliphatic carbocycles. The number of rotatable bonds is 8. The number of aromatic amines is 1. The predicted octanol–water partition coefficient (Wildman–Crippen LogP) is 2.81. The lowest BCUT2D eigenvalue weighted by Gasteiger charge is -2.21. The van der Waals surface area contributed by atoms with Crippen molar-refractivity contribution in [2.45, 2.75) is 26.3 Å². The monoisotopic (exact) mass is 291 g/mol. The summed E-state index contributed by atoms with van der Waals surface area (Å²) in [6.07, 6.45) is 4.02. The number of aliphatic hydroxyl groups excluding tert-OH is 1. The smallest absolute Gasteiger partial charge is 0.123 e. The highest BCUT2D eigenvalue weighted by Crippen LogP contribution is 2.22. The Labute approximate surface area is 124 Å². The van der Waals surface area contributed by atoms with Gasteiger partial charge in [-0.3, -0.25) is 10.00 Å². The maximum absolute atomic E-state index is 13.0. The molecule has 0 aliphatic rings. The summed E-state index contributed by atoms with van der Waals surface area (Å²) in [6.45, 7) is 4.62. The first-order valence-corrected chi connectivity index (χ1v) is 7.36. The third kappa shape index (κ3) is 4.37. The van der Waals surface area contributed by atoms with Crippen molar-refractivity contribution >= 4 is 0 Å². The molecule has 0 spiro atoms. The van der Waals surface area contributed by atoms with E-state index in [1.54, 1.807) is 18.3 Å². The summed E-state index contributed by atoms with van der Waals surface area (Å²) in [6, 6.07) is 6.38. The van der Waals surface area contributed by atoms with Gasteiger partial charge in [-0.2, -0.15) is 5.10 Å². The molecule has 2 rings (SSSR count). The average Bonchev–Trinajstić information content (AvgIpc) is 2.94. The molecule has 114 valence electrons. The lowest BCUT2D eigenvalue weighted by molar-refractivity contribution is 0.188. The second kappa shape index (κ2) is 7.90. The van der Waals surface area contributed by atoms with E-state index < -0.39 is 0 Å². The van der Waals surface area contributed by atoms with Crippen molar-refractivity contribution in [2.75, 3.05) is 19.7 Å². The first kappa shape index (κ1) is 15.7. The number of benzene rings is 1. The molecule has 0 radical (unpaired) electrons. The van der Waals surface area contributed by atoms with Crippen LogP contribution in [0.25, 0.3) is 11.3 Å². The zero-order valence-electron chi connectivity index (χ0n) is 12.3. The lowest BCUT2D eigenvalue weighted by Crippen LogP contribution is -2.27. The van der Waals surface area contributed by atoms with E-state index >= 15 is 0 Å². The number of nitrogens with one attached hydrogen (secondary N) is 1. The zero-order valence-corrected chi connectivity index (χ0v) is 12.3. The summed E-state index contributed by atoms with van der Waals surface area (Å²) >= 11 is 0. The number of H-pyrrole nitrogens is 1. The Morgan fingerprint density at radius 3 is 2.67 bits per heavy atom. The van der Waals surface area contributed by atoms with Crippen LogP contribution in [0.5, 0.6) is 0 Å². The van der Waals surface area contributed by atoms with E-state index in [0.29, 0.717) is 6.54 Å². The molecule has 1 aromatic heterocycles. The van der Waals surface area contributed by atoms with Crippen LogP contribution in [0.2, 0.25) is 0 Å². The Kier molecular flexibility index (Phi) is 5.90. The molecule has 5 heteroatoms. The quantitative estimate of drug-likeness (QED) is 0.786. The average molecular weight is 291 g/mol. The van der Waals surface area contributed by atoms with Crippen LogP contribution in [0.15, 0.2) is 30.5 Å². The maximum atomic E-state index is 13.0.